The van der Waals surface area contributed by atoms with Crippen molar-refractivity contribution in [1.29, 1.82) is 0 Å². The highest BCUT2D eigenvalue weighted by Crippen LogP contribution is 2.63. The molecule has 1 aromatic heterocycles. The van der Waals surface area contributed by atoms with E-state index >= 15 is 0 Å². The van der Waals surface area contributed by atoms with Crippen LogP contribution in [0.4, 0.5) is 34.1 Å². The number of aryl methyl sites for hydroxylation is 1. The minimum Gasteiger partial charge on any atom is -0.310 e. The monoisotopic (exact) mass is 1020 g/mol. The first kappa shape index (κ1) is 45.4. The fraction of sp³-hybridized carbons (Fsp3) is 0.0278. The van der Waals surface area contributed by atoms with E-state index in [9.17, 15) is 0 Å². The van der Waals surface area contributed by atoms with Gasteiger partial charge in [0.15, 0.2) is 0 Å². The van der Waals surface area contributed by atoms with Crippen LogP contribution in [-0.4, -0.2) is 4.57 Å². The quantitative estimate of drug-likeness (QED) is 0.152. The summed E-state index contributed by atoms with van der Waals surface area (Å²) in [6, 6.07) is 101. The highest BCUT2D eigenvalue weighted by molar-refractivity contribution is 7.99. The van der Waals surface area contributed by atoms with E-state index in [1.54, 1.807) is 0 Å². The number of rotatable bonds is 8. The Morgan fingerprint density at radius 3 is 1.48 bits per heavy atom. The molecule has 3 nitrogen and oxygen atoms in total. The largest absolute Gasteiger partial charge is 0.310 e. The molecule has 0 radical (unpaired) electrons. The third-order valence-electron chi connectivity index (χ3n) is 16.0. The standard InChI is InChI=1S/C72H49N3S2/c1-47-40-54(34-37-57(47)62-41-48-20-14-15-21-49(48)42-69(62)76)74(52-26-10-4-11-27-52)56-36-39-65-70(44-56)77-71-45-61-60-38-35-55(73(50-22-6-2-7-23-50)51-24-8-3-9-25-51)43-67(60)75(53-28-12-5-13-29-53)68(61)46-66(71)72(65)63-32-18-16-30-58(63)59-31-17-19-33-64(59)72/h2-46,76H,1H3. The Morgan fingerprint density at radius 2 is 0.844 bits per heavy atom. The van der Waals surface area contributed by atoms with E-state index < -0.39 is 5.41 Å². The Bertz CT molecular complexity index is 4370. The van der Waals surface area contributed by atoms with Crippen molar-refractivity contribution in [2.24, 2.45) is 0 Å². The lowest BCUT2D eigenvalue weighted by Crippen LogP contribution is -2.32. The number of anilines is 6. The molecule has 0 fully saturated rings. The molecule has 1 spiro atoms. The zero-order valence-electron chi connectivity index (χ0n) is 42.2. The van der Waals surface area contributed by atoms with Gasteiger partial charge < -0.3 is 14.4 Å². The molecule has 77 heavy (non-hydrogen) atoms. The fourth-order valence-corrected chi connectivity index (χ4v) is 14.3. The molecule has 15 rings (SSSR count). The third kappa shape index (κ3) is 7.15. The summed E-state index contributed by atoms with van der Waals surface area (Å²) in [5, 5.41) is 4.83. The van der Waals surface area contributed by atoms with Crippen LogP contribution in [0.3, 0.4) is 0 Å². The van der Waals surface area contributed by atoms with Crippen molar-refractivity contribution >= 4 is 91.1 Å². The lowest BCUT2D eigenvalue weighted by atomic mass is 9.67. The smallest absolute Gasteiger partial charge is 0.0736 e. The molecule has 0 amide bonds. The van der Waals surface area contributed by atoms with Crippen LogP contribution in [0, 0.1) is 6.92 Å². The van der Waals surface area contributed by atoms with Crippen LogP contribution in [0.2, 0.25) is 0 Å². The fourth-order valence-electron chi connectivity index (χ4n) is 12.7. The summed E-state index contributed by atoms with van der Waals surface area (Å²) >= 11 is 6.92. The zero-order chi connectivity index (χ0) is 51.2. The molecular formula is C72H49N3S2. The molecule has 0 saturated carbocycles. The second-order valence-electron chi connectivity index (χ2n) is 20.3. The van der Waals surface area contributed by atoms with Gasteiger partial charge in [-0.2, -0.15) is 0 Å². The third-order valence-corrected chi connectivity index (χ3v) is 17.5. The Balaban J connectivity index is 0.951. The van der Waals surface area contributed by atoms with Crippen LogP contribution in [0.1, 0.15) is 27.8 Å². The van der Waals surface area contributed by atoms with Gasteiger partial charge in [0.25, 0.3) is 0 Å². The van der Waals surface area contributed by atoms with E-state index in [0.29, 0.717) is 0 Å². The molecule has 0 N–H and O–H groups in total. The Labute approximate surface area is 458 Å². The minimum absolute atomic E-state index is 0.601. The Hall–Kier alpha value is -9.00. The molecule has 0 bridgehead atoms. The lowest BCUT2D eigenvalue weighted by molar-refractivity contribution is 0.724. The summed E-state index contributed by atoms with van der Waals surface area (Å²) in [7, 11) is 0. The second-order valence-corrected chi connectivity index (χ2v) is 21.8. The van der Waals surface area contributed by atoms with Crippen molar-refractivity contribution < 1.29 is 0 Å². The van der Waals surface area contributed by atoms with E-state index in [1.165, 1.54) is 81.4 Å². The average molecular weight is 1020 g/mol. The molecular weight excluding hydrogens is 971 g/mol. The van der Waals surface area contributed by atoms with Crippen molar-refractivity contribution in [2.45, 2.75) is 27.0 Å². The molecule has 2 aliphatic rings. The van der Waals surface area contributed by atoms with E-state index in [4.69, 9.17) is 12.6 Å². The number of hydrogen-bond acceptors (Lipinski definition) is 4. The summed E-state index contributed by atoms with van der Waals surface area (Å²) in [5.74, 6) is 0. The van der Waals surface area contributed by atoms with Crippen molar-refractivity contribution in [2.75, 3.05) is 9.80 Å². The predicted molar refractivity (Wildman–Crippen MR) is 327 cm³/mol. The van der Waals surface area contributed by atoms with Crippen LogP contribution in [0.25, 0.3) is 60.5 Å². The Morgan fingerprint density at radius 1 is 0.351 bits per heavy atom. The van der Waals surface area contributed by atoms with Gasteiger partial charge in [-0.3, -0.25) is 0 Å². The molecule has 1 aliphatic carbocycles. The number of benzene rings is 12. The molecule has 2 heterocycles. The van der Waals surface area contributed by atoms with E-state index in [0.717, 1.165) is 55.8 Å². The van der Waals surface area contributed by atoms with Crippen LogP contribution in [0.5, 0.6) is 0 Å². The number of nitrogens with zero attached hydrogens (tertiary/aromatic N) is 3. The number of aromatic nitrogens is 1. The van der Waals surface area contributed by atoms with Gasteiger partial charge in [0.05, 0.1) is 16.4 Å². The van der Waals surface area contributed by atoms with E-state index in [-0.39, 0.29) is 0 Å². The number of hydrogen-bond donors (Lipinski definition) is 1. The van der Waals surface area contributed by atoms with E-state index in [1.807, 2.05) is 11.8 Å². The second kappa shape index (κ2) is 18.1. The van der Waals surface area contributed by atoms with Crippen molar-refractivity contribution in [1.82, 2.24) is 4.57 Å². The van der Waals surface area contributed by atoms with Gasteiger partial charge in [0.1, 0.15) is 0 Å². The normalized spacial score (nSPS) is 12.9. The van der Waals surface area contributed by atoms with Gasteiger partial charge in [0, 0.05) is 65.3 Å². The van der Waals surface area contributed by atoms with Crippen molar-refractivity contribution in [3.63, 3.8) is 0 Å². The molecule has 5 heteroatoms. The molecule has 13 aromatic rings. The Kier molecular flexibility index (Phi) is 10.7. The van der Waals surface area contributed by atoms with Crippen LogP contribution >= 0.6 is 24.4 Å². The average Bonchev–Trinajstić information content (AvgIpc) is 3.98. The molecule has 1 aliphatic heterocycles. The highest BCUT2D eigenvalue weighted by Gasteiger charge is 2.50. The predicted octanol–water partition coefficient (Wildman–Crippen LogP) is 20.0. The van der Waals surface area contributed by atoms with Crippen molar-refractivity contribution in [3.8, 4) is 27.9 Å². The van der Waals surface area contributed by atoms with Gasteiger partial charge in [-0.1, -0.05) is 176 Å². The number of para-hydroxylation sites is 4. The molecule has 0 unspecified atom stereocenters. The molecule has 12 aromatic carbocycles. The summed E-state index contributed by atoms with van der Waals surface area (Å²) < 4.78 is 2.49. The van der Waals surface area contributed by atoms with Gasteiger partial charge in [-0.25, -0.2) is 0 Å². The summed E-state index contributed by atoms with van der Waals surface area (Å²) in [6.45, 7) is 2.22. The maximum absolute atomic E-state index is 5.03. The maximum atomic E-state index is 5.03. The minimum atomic E-state index is -0.601. The van der Waals surface area contributed by atoms with Gasteiger partial charge in [-0.15, -0.1) is 12.6 Å². The lowest BCUT2D eigenvalue weighted by Gasteiger charge is -2.40. The number of fused-ring (bicyclic) bond motifs is 13. The summed E-state index contributed by atoms with van der Waals surface area (Å²) in [6.07, 6.45) is 0. The molecule has 0 atom stereocenters. The van der Waals surface area contributed by atoms with Crippen LogP contribution in [-0.2, 0) is 5.41 Å². The molecule has 364 valence electrons. The van der Waals surface area contributed by atoms with Crippen molar-refractivity contribution in [3.05, 3.63) is 301 Å². The topological polar surface area (TPSA) is 11.4 Å². The maximum Gasteiger partial charge on any atom is 0.0736 e. The number of thiol groups is 1. The first-order valence-corrected chi connectivity index (χ1v) is 27.6. The first-order valence-electron chi connectivity index (χ1n) is 26.3. The van der Waals surface area contributed by atoms with Gasteiger partial charge in [0.2, 0.25) is 0 Å². The van der Waals surface area contributed by atoms with Crippen LogP contribution < -0.4 is 9.80 Å². The zero-order valence-corrected chi connectivity index (χ0v) is 43.9. The summed E-state index contributed by atoms with van der Waals surface area (Å²) in [4.78, 5) is 8.24. The molecule has 0 saturated heterocycles. The highest BCUT2D eigenvalue weighted by atomic mass is 32.2. The van der Waals surface area contributed by atoms with Gasteiger partial charge in [-0.05, 0) is 177 Å². The van der Waals surface area contributed by atoms with Crippen LogP contribution in [0.15, 0.2) is 288 Å². The van der Waals surface area contributed by atoms with E-state index in [2.05, 4.69) is 294 Å². The first-order chi connectivity index (χ1) is 38.0. The SMILES string of the molecule is Cc1cc(N(c2ccccc2)c2ccc3c(c2)Sc2cc4c5ccc(N(c6ccccc6)c6ccccc6)cc5n(-c5ccccc5)c4cc2C32c3ccccc3-c3ccccc32)ccc1-c1cc2ccccc2cc1S. The van der Waals surface area contributed by atoms with Gasteiger partial charge >= 0.3 is 0 Å². The summed E-state index contributed by atoms with van der Waals surface area (Å²) in [5.41, 5.74) is 20.7.